The minimum atomic E-state index is -0.244. The number of hydrogen-bond acceptors (Lipinski definition) is 2. The first-order chi connectivity index (χ1) is 9.89. The molecule has 0 N–H and O–H groups in total. The molecular weight excluding hydrogens is 260 g/mol. The van der Waals surface area contributed by atoms with Gasteiger partial charge in [0.05, 0.1) is 11.6 Å². The van der Waals surface area contributed by atoms with Gasteiger partial charge < -0.3 is 4.90 Å². The fourth-order valence-corrected chi connectivity index (χ4v) is 2.98. The highest BCUT2D eigenvalue weighted by Crippen LogP contribution is 2.42. The van der Waals surface area contributed by atoms with E-state index in [2.05, 4.69) is 56.9 Å². The molecule has 21 heavy (non-hydrogen) atoms. The standard InChI is InChI=1S/C18H20N2O/c1-12-5-7-13(8-6-12)16-14-9-10-19-11-15(14)17(21)20(16)18(2,3)4/h5-11,16H,1-4H3. The van der Waals surface area contributed by atoms with E-state index in [0.717, 1.165) is 16.7 Å². The van der Waals surface area contributed by atoms with E-state index < -0.39 is 0 Å². The number of hydrogen-bond donors (Lipinski definition) is 0. The minimum absolute atomic E-state index is 0.0314. The third-order valence-corrected chi connectivity index (χ3v) is 3.97. The number of nitrogens with zero attached hydrogens (tertiary/aromatic N) is 2. The summed E-state index contributed by atoms with van der Waals surface area (Å²) in [7, 11) is 0. The monoisotopic (exact) mass is 280 g/mol. The SMILES string of the molecule is Cc1ccc(C2c3ccncc3C(=O)N2C(C)(C)C)cc1. The smallest absolute Gasteiger partial charge is 0.257 e. The fourth-order valence-electron chi connectivity index (χ4n) is 2.98. The molecule has 2 aromatic rings. The van der Waals surface area contributed by atoms with Crippen molar-refractivity contribution >= 4 is 5.91 Å². The van der Waals surface area contributed by atoms with Crippen LogP contribution in [0.15, 0.2) is 42.7 Å². The Kier molecular flexibility index (Phi) is 3.08. The molecular formula is C18H20N2O. The van der Waals surface area contributed by atoms with Gasteiger partial charge in [0.25, 0.3) is 5.91 Å². The van der Waals surface area contributed by atoms with Gasteiger partial charge in [0.2, 0.25) is 0 Å². The molecule has 1 aromatic carbocycles. The molecule has 3 heteroatoms. The van der Waals surface area contributed by atoms with E-state index in [1.807, 2.05) is 11.0 Å². The summed E-state index contributed by atoms with van der Waals surface area (Å²) >= 11 is 0. The number of carbonyl (C=O) groups is 1. The molecule has 1 atom stereocenters. The van der Waals surface area contributed by atoms with Crippen molar-refractivity contribution in [1.29, 1.82) is 0 Å². The van der Waals surface area contributed by atoms with Crippen LogP contribution >= 0.6 is 0 Å². The summed E-state index contributed by atoms with van der Waals surface area (Å²) in [4.78, 5) is 18.9. The van der Waals surface area contributed by atoms with Crippen LogP contribution in [-0.4, -0.2) is 21.3 Å². The quantitative estimate of drug-likeness (QED) is 0.797. The lowest BCUT2D eigenvalue weighted by Gasteiger charge is -2.37. The summed E-state index contributed by atoms with van der Waals surface area (Å²) < 4.78 is 0. The first kappa shape index (κ1) is 13.8. The highest BCUT2D eigenvalue weighted by molar-refractivity contribution is 5.99. The van der Waals surface area contributed by atoms with Crippen molar-refractivity contribution in [3.05, 3.63) is 65.0 Å². The number of aryl methyl sites for hydroxylation is 1. The van der Waals surface area contributed by atoms with Crippen LogP contribution < -0.4 is 0 Å². The molecule has 3 rings (SSSR count). The Hall–Kier alpha value is -2.16. The predicted molar refractivity (Wildman–Crippen MR) is 83.2 cm³/mol. The molecule has 0 spiro atoms. The third-order valence-electron chi connectivity index (χ3n) is 3.97. The molecule has 3 nitrogen and oxygen atoms in total. The van der Waals surface area contributed by atoms with Crippen molar-refractivity contribution in [2.75, 3.05) is 0 Å². The summed E-state index contributed by atoms with van der Waals surface area (Å²) in [5.41, 5.74) is 3.90. The van der Waals surface area contributed by atoms with Crippen LogP contribution in [-0.2, 0) is 0 Å². The Morgan fingerprint density at radius 1 is 1.10 bits per heavy atom. The molecule has 1 aliphatic heterocycles. The lowest BCUT2D eigenvalue weighted by Crippen LogP contribution is -2.44. The van der Waals surface area contributed by atoms with Crippen molar-refractivity contribution in [2.45, 2.75) is 39.3 Å². The van der Waals surface area contributed by atoms with Crippen molar-refractivity contribution in [3.8, 4) is 0 Å². The molecule has 108 valence electrons. The lowest BCUT2D eigenvalue weighted by atomic mass is 9.95. The van der Waals surface area contributed by atoms with Gasteiger partial charge in [-0.05, 0) is 44.9 Å². The maximum Gasteiger partial charge on any atom is 0.257 e. The van der Waals surface area contributed by atoms with Gasteiger partial charge in [0, 0.05) is 17.9 Å². The zero-order chi connectivity index (χ0) is 15.2. The first-order valence-electron chi connectivity index (χ1n) is 7.24. The number of benzene rings is 1. The normalized spacial score (nSPS) is 18.0. The lowest BCUT2D eigenvalue weighted by molar-refractivity contribution is 0.0552. The molecule has 1 aromatic heterocycles. The second-order valence-electron chi connectivity index (χ2n) is 6.62. The van der Waals surface area contributed by atoms with Crippen LogP contribution in [0.1, 0.15) is 53.9 Å². The topological polar surface area (TPSA) is 33.2 Å². The predicted octanol–water partition coefficient (Wildman–Crippen LogP) is 3.73. The molecule has 0 bridgehead atoms. The van der Waals surface area contributed by atoms with E-state index in [0.29, 0.717) is 0 Å². The Labute approximate surface area is 125 Å². The molecule has 2 heterocycles. The summed E-state index contributed by atoms with van der Waals surface area (Å²) in [5.74, 6) is 0.0659. The zero-order valence-corrected chi connectivity index (χ0v) is 12.9. The van der Waals surface area contributed by atoms with Crippen molar-refractivity contribution in [2.24, 2.45) is 0 Å². The first-order valence-corrected chi connectivity index (χ1v) is 7.24. The van der Waals surface area contributed by atoms with Gasteiger partial charge in [-0.3, -0.25) is 9.78 Å². The Morgan fingerprint density at radius 2 is 1.76 bits per heavy atom. The second kappa shape index (κ2) is 4.69. The van der Waals surface area contributed by atoms with Crippen molar-refractivity contribution in [3.63, 3.8) is 0 Å². The average Bonchev–Trinajstić information content (AvgIpc) is 2.74. The molecule has 0 saturated heterocycles. The van der Waals surface area contributed by atoms with Crippen LogP contribution in [0.4, 0.5) is 0 Å². The van der Waals surface area contributed by atoms with Crippen LogP contribution in [0.5, 0.6) is 0 Å². The van der Waals surface area contributed by atoms with E-state index in [1.54, 1.807) is 12.4 Å². The number of carbonyl (C=O) groups excluding carboxylic acids is 1. The molecule has 1 aliphatic rings. The summed E-state index contributed by atoms with van der Waals surface area (Å²) in [6.45, 7) is 8.30. The van der Waals surface area contributed by atoms with Gasteiger partial charge in [-0.15, -0.1) is 0 Å². The largest absolute Gasteiger partial charge is 0.323 e. The minimum Gasteiger partial charge on any atom is -0.323 e. The molecule has 0 saturated carbocycles. The Balaban J connectivity index is 2.18. The number of fused-ring (bicyclic) bond motifs is 1. The second-order valence-corrected chi connectivity index (χ2v) is 6.62. The number of rotatable bonds is 1. The number of pyridine rings is 1. The van der Waals surface area contributed by atoms with Crippen molar-refractivity contribution < 1.29 is 4.79 Å². The molecule has 1 unspecified atom stereocenters. The van der Waals surface area contributed by atoms with E-state index in [4.69, 9.17) is 0 Å². The Bertz CT molecular complexity index is 683. The molecule has 0 radical (unpaired) electrons. The van der Waals surface area contributed by atoms with E-state index in [9.17, 15) is 4.79 Å². The maximum absolute atomic E-state index is 12.8. The van der Waals surface area contributed by atoms with Crippen LogP contribution in [0.3, 0.4) is 0 Å². The van der Waals surface area contributed by atoms with E-state index in [1.165, 1.54) is 5.56 Å². The molecule has 1 amide bonds. The van der Waals surface area contributed by atoms with E-state index >= 15 is 0 Å². The van der Waals surface area contributed by atoms with Crippen LogP contribution in [0.2, 0.25) is 0 Å². The van der Waals surface area contributed by atoms with Gasteiger partial charge in [0.15, 0.2) is 0 Å². The average molecular weight is 280 g/mol. The number of aromatic nitrogens is 1. The van der Waals surface area contributed by atoms with Gasteiger partial charge in [0.1, 0.15) is 0 Å². The van der Waals surface area contributed by atoms with Gasteiger partial charge in [-0.1, -0.05) is 29.8 Å². The zero-order valence-electron chi connectivity index (χ0n) is 12.9. The third kappa shape index (κ3) is 2.23. The maximum atomic E-state index is 12.8. The van der Waals surface area contributed by atoms with Gasteiger partial charge in [-0.25, -0.2) is 0 Å². The van der Waals surface area contributed by atoms with Crippen LogP contribution in [0.25, 0.3) is 0 Å². The highest BCUT2D eigenvalue weighted by Gasteiger charge is 2.43. The van der Waals surface area contributed by atoms with Crippen LogP contribution in [0, 0.1) is 6.92 Å². The molecule has 0 fully saturated rings. The number of amides is 1. The van der Waals surface area contributed by atoms with Gasteiger partial charge in [-0.2, -0.15) is 0 Å². The Morgan fingerprint density at radius 3 is 2.38 bits per heavy atom. The van der Waals surface area contributed by atoms with Gasteiger partial charge >= 0.3 is 0 Å². The summed E-state index contributed by atoms with van der Waals surface area (Å²) in [6, 6.07) is 10.3. The van der Waals surface area contributed by atoms with E-state index in [-0.39, 0.29) is 17.5 Å². The highest BCUT2D eigenvalue weighted by atomic mass is 16.2. The molecule has 0 aliphatic carbocycles. The summed E-state index contributed by atoms with van der Waals surface area (Å²) in [5, 5.41) is 0. The van der Waals surface area contributed by atoms with Crippen molar-refractivity contribution in [1.82, 2.24) is 9.88 Å². The summed E-state index contributed by atoms with van der Waals surface area (Å²) in [6.07, 6.45) is 3.45. The fraction of sp³-hybridized carbons (Fsp3) is 0.333.